The number of rotatable bonds is 3. The van der Waals surface area contributed by atoms with Crippen LogP contribution in [0.15, 0.2) is 48.7 Å². The maximum absolute atomic E-state index is 14.3. The molecule has 0 bridgehead atoms. The number of halogens is 4. The smallest absolute Gasteiger partial charge is 0.372 e. The van der Waals surface area contributed by atoms with Gasteiger partial charge in [-0.05, 0) is 80.2 Å². The standard InChI is InChI=1S/C25H24F4N4.CH3NO/c1-15-4-3-5-21-22(15)31-24(32(21)2)23(25(27,28)29)33-12-9-16(10-13-33)18-8-11-30-20-7-6-17(26)14-19(18)20;2-1-3/h3-8,11,14,16,23H,9-10,12-13H2,1-2H3;1H,(H2,2,3). The van der Waals surface area contributed by atoms with Gasteiger partial charge in [0.25, 0.3) is 0 Å². The maximum Gasteiger partial charge on any atom is 0.411 e. The minimum absolute atomic E-state index is 0.0154. The number of alkyl halides is 3. The van der Waals surface area contributed by atoms with E-state index in [2.05, 4.69) is 15.7 Å². The van der Waals surface area contributed by atoms with E-state index in [0.717, 1.165) is 16.5 Å². The molecule has 1 atom stereocenters. The van der Waals surface area contributed by atoms with E-state index in [-0.39, 0.29) is 37.1 Å². The normalized spacial score (nSPS) is 16.1. The van der Waals surface area contributed by atoms with Gasteiger partial charge in [-0.3, -0.25) is 14.7 Å². The monoisotopic (exact) mass is 501 g/mol. The number of carbonyl (C=O) groups is 1. The molecule has 0 aliphatic carbocycles. The van der Waals surface area contributed by atoms with Crippen molar-refractivity contribution < 1.29 is 22.4 Å². The zero-order valence-electron chi connectivity index (χ0n) is 20.0. The lowest BCUT2D eigenvalue weighted by Gasteiger charge is -2.38. The van der Waals surface area contributed by atoms with Crippen LogP contribution in [0.25, 0.3) is 21.9 Å². The van der Waals surface area contributed by atoms with Crippen LogP contribution in [0.4, 0.5) is 17.6 Å². The lowest BCUT2D eigenvalue weighted by atomic mass is 9.87. The van der Waals surface area contributed by atoms with Crippen molar-refractivity contribution in [1.29, 1.82) is 0 Å². The zero-order chi connectivity index (χ0) is 26.0. The molecule has 2 aromatic carbocycles. The Morgan fingerprint density at radius 1 is 1.14 bits per heavy atom. The molecule has 0 radical (unpaired) electrons. The summed E-state index contributed by atoms with van der Waals surface area (Å²) in [5, 5.41) is 0.731. The fourth-order valence-corrected chi connectivity index (χ4v) is 5.10. The number of amides is 1. The summed E-state index contributed by atoms with van der Waals surface area (Å²) in [6.45, 7) is 2.40. The van der Waals surface area contributed by atoms with Crippen LogP contribution in [0.1, 0.15) is 41.8 Å². The lowest BCUT2D eigenvalue weighted by Crippen LogP contribution is -2.44. The highest BCUT2D eigenvalue weighted by molar-refractivity contribution is 5.82. The number of fused-ring (bicyclic) bond motifs is 2. The van der Waals surface area contributed by atoms with Crippen molar-refractivity contribution in [1.82, 2.24) is 19.4 Å². The molecule has 1 unspecified atom stereocenters. The third-order valence-electron chi connectivity index (χ3n) is 6.77. The molecule has 1 amide bonds. The maximum atomic E-state index is 14.3. The Labute approximate surface area is 205 Å². The van der Waals surface area contributed by atoms with Crippen molar-refractivity contribution in [3.63, 3.8) is 0 Å². The highest BCUT2D eigenvalue weighted by atomic mass is 19.4. The number of nitrogens with two attached hydrogens (primary N) is 1. The molecule has 6 nitrogen and oxygen atoms in total. The van der Waals surface area contributed by atoms with E-state index in [4.69, 9.17) is 4.79 Å². The molecule has 0 spiro atoms. The van der Waals surface area contributed by atoms with Gasteiger partial charge in [-0.15, -0.1) is 0 Å². The molecule has 5 rings (SSSR count). The van der Waals surface area contributed by atoms with Gasteiger partial charge in [0.05, 0.1) is 16.6 Å². The second-order valence-corrected chi connectivity index (χ2v) is 8.92. The van der Waals surface area contributed by atoms with Crippen molar-refractivity contribution in [2.45, 2.75) is 37.9 Å². The molecular formula is C26H27F4N5O. The van der Waals surface area contributed by atoms with Gasteiger partial charge in [0.15, 0.2) is 6.04 Å². The number of likely N-dealkylation sites (tertiary alicyclic amines) is 1. The van der Waals surface area contributed by atoms with Crippen LogP contribution in [0.2, 0.25) is 0 Å². The number of aromatic nitrogens is 3. The van der Waals surface area contributed by atoms with Crippen molar-refractivity contribution >= 4 is 28.3 Å². The number of primary amides is 1. The predicted molar refractivity (Wildman–Crippen MR) is 130 cm³/mol. The fourth-order valence-electron chi connectivity index (χ4n) is 5.10. The number of hydrogen-bond acceptors (Lipinski definition) is 4. The first-order chi connectivity index (χ1) is 17.2. The topological polar surface area (TPSA) is 77.0 Å². The number of piperidine rings is 1. The van der Waals surface area contributed by atoms with E-state index >= 15 is 0 Å². The van der Waals surface area contributed by atoms with Crippen LogP contribution in [0.3, 0.4) is 0 Å². The summed E-state index contributed by atoms with van der Waals surface area (Å²) in [6, 6.07) is 10.0. The Morgan fingerprint density at radius 3 is 2.47 bits per heavy atom. The summed E-state index contributed by atoms with van der Waals surface area (Å²) < 4.78 is 58.4. The van der Waals surface area contributed by atoms with Crippen LogP contribution < -0.4 is 5.73 Å². The van der Waals surface area contributed by atoms with Crippen LogP contribution in [0.5, 0.6) is 0 Å². The van der Waals surface area contributed by atoms with Gasteiger partial charge in [-0.1, -0.05) is 12.1 Å². The van der Waals surface area contributed by atoms with E-state index < -0.39 is 12.2 Å². The van der Waals surface area contributed by atoms with Gasteiger partial charge in [0, 0.05) is 18.6 Å². The second-order valence-electron chi connectivity index (χ2n) is 8.92. The molecule has 190 valence electrons. The third kappa shape index (κ3) is 4.90. The van der Waals surface area contributed by atoms with E-state index in [1.54, 1.807) is 29.9 Å². The summed E-state index contributed by atoms with van der Waals surface area (Å²) in [5.74, 6) is -0.282. The molecule has 1 saturated heterocycles. The first-order valence-electron chi connectivity index (χ1n) is 11.6. The minimum atomic E-state index is -4.46. The van der Waals surface area contributed by atoms with Gasteiger partial charge in [-0.2, -0.15) is 13.2 Å². The van der Waals surface area contributed by atoms with Crippen molar-refractivity contribution in [3.8, 4) is 0 Å². The predicted octanol–water partition coefficient (Wildman–Crippen LogP) is 5.15. The number of nitrogens with zero attached hydrogens (tertiary/aromatic N) is 4. The number of carbonyl (C=O) groups excluding carboxylic acids is 1. The fraction of sp³-hybridized carbons (Fsp3) is 0.346. The summed E-state index contributed by atoms with van der Waals surface area (Å²) >= 11 is 0. The Morgan fingerprint density at radius 2 is 1.83 bits per heavy atom. The second kappa shape index (κ2) is 10.2. The van der Waals surface area contributed by atoms with Crippen molar-refractivity contribution in [3.05, 3.63) is 71.4 Å². The number of pyridine rings is 1. The first-order valence-corrected chi connectivity index (χ1v) is 11.6. The summed E-state index contributed by atoms with van der Waals surface area (Å²) in [4.78, 5) is 18.8. The van der Waals surface area contributed by atoms with E-state index in [0.29, 0.717) is 29.4 Å². The molecule has 3 heterocycles. The van der Waals surface area contributed by atoms with Crippen LogP contribution in [-0.2, 0) is 11.8 Å². The molecular weight excluding hydrogens is 474 g/mol. The molecule has 4 aromatic rings. The van der Waals surface area contributed by atoms with Crippen molar-refractivity contribution in [2.24, 2.45) is 12.8 Å². The van der Waals surface area contributed by atoms with Gasteiger partial charge < -0.3 is 10.3 Å². The Hall–Kier alpha value is -3.53. The number of imidazole rings is 1. The SMILES string of the molecule is Cc1cccc2c1nc(C(N1CCC(c3ccnc4ccc(F)cc34)CC1)C(F)(F)F)n2C.NC=O. The minimum Gasteiger partial charge on any atom is -0.372 e. The average Bonchev–Trinajstić information content (AvgIpc) is 3.16. The lowest BCUT2D eigenvalue weighted by molar-refractivity contribution is -0.191. The Kier molecular flexibility index (Phi) is 7.26. The van der Waals surface area contributed by atoms with Crippen LogP contribution in [-0.4, -0.2) is 45.1 Å². The Balaban J connectivity index is 0.000000967. The van der Waals surface area contributed by atoms with Gasteiger partial charge in [-0.25, -0.2) is 9.37 Å². The van der Waals surface area contributed by atoms with E-state index in [1.807, 2.05) is 25.1 Å². The van der Waals surface area contributed by atoms with Gasteiger partial charge in [0.2, 0.25) is 6.41 Å². The summed E-state index contributed by atoms with van der Waals surface area (Å²) in [7, 11) is 1.65. The quantitative estimate of drug-likeness (QED) is 0.311. The molecule has 2 N–H and O–H groups in total. The molecule has 1 aliphatic rings. The molecule has 10 heteroatoms. The molecule has 1 aliphatic heterocycles. The van der Waals surface area contributed by atoms with Gasteiger partial charge in [0.1, 0.15) is 11.6 Å². The average molecular weight is 502 g/mol. The van der Waals surface area contributed by atoms with Crippen molar-refractivity contribution in [2.75, 3.05) is 13.1 Å². The van der Waals surface area contributed by atoms with E-state index in [1.165, 1.54) is 17.0 Å². The molecule has 0 saturated carbocycles. The summed E-state index contributed by atoms with van der Waals surface area (Å²) in [5.41, 5.74) is 7.95. The number of para-hydroxylation sites is 1. The largest absolute Gasteiger partial charge is 0.411 e. The Bertz CT molecular complexity index is 1380. The van der Waals surface area contributed by atoms with Crippen LogP contribution in [0, 0.1) is 12.7 Å². The number of benzene rings is 2. The van der Waals surface area contributed by atoms with Gasteiger partial charge >= 0.3 is 6.18 Å². The highest BCUT2D eigenvalue weighted by Gasteiger charge is 2.48. The highest BCUT2D eigenvalue weighted by Crippen LogP contribution is 2.42. The van der Waals surface area contributed by atoms with Crippen LogP contribution >= 0.6 is 0 Å². The number of hydrogen-bond donors (Lipinski definition) is 1. The molecule has 2 aromatic heterocycles. The number of aryl methyl sites for hydroxylation is 2. The summed E-state index contributed by atoms with van der Waals surface area (Å²) in [6.07, 6.45) is -1.43. The molecule has 36 heavy (non-hydrogen) atoms. The first kappa shape index (κ1) is 25.6. The molecule has 1 fully saturated rings. The zero-order valence-corrected chi connectivity index (χ0v) is 20.0. The van der Waals surface area contributed by atoms with E-state index in [9.17, 15) is 17.6 Å². The third-order valence-corrected chi connectivity index (χ3v) is 6.77.